The van der Waals surface area contributed by atoms with Gasteiger partial charge in [-0.3, -0.25) is 0 Å². The highest BCUT2D eigenvalue weighted by molar-refractivity contribution is 6.11. The van der Waals surface area contributed by atoms with Gasteiger partial charge in [0.1, 0.15) is 12.4 Å². The SMILES string of the molecule is NC1=N/C(=C\C2=NCCO2)c2ccccc21. The summed E-state index contributed by atoms with van der Waals surface area (Å²) < 4.78 is 5.33. The minimum atomic E-state index is 0.556. The molecule has 80 valence electrons. The van der Waals surface area contributed by atoms with Gasteiger partial charge in [0.2, 0.25) is 5.90 Å². The van der Waals surface area contributed by atoms with Crippen LogP contribution in [0.3, 0.4) is 0 Å². The molecular formula is C12H11N3O. The predicted molar refractivity (Wildman–Crippen MR) is 63.4 cm³/mol. The van der Waals surface area contributed by atoms with Crippen molar-refractivity contribution in [1.29, 1.82) is 0 Å². The first-order valence-electron chi connectivity index (χ1n) is 5.17. The summed E-state index contributed by atoms with van der Waals surface area (Å²) in [5.41, 5.74) is 8.69. The van der Waals surface area contributed by atoms with E-state index in [4.69, 9.17) is 10.5 Å². The largest absolute Gasteiger partial charge is 0.476 e. The molecule has 0 unspecified atom stereocenters. The number of aliphatic imine (C=N–C) groups is 2. The van der Waals surface area contributed by atoms with E-state index in [1.807, 2.05) is 30.3 Å². The molecule has 2 N–H and O–H groups in total. The van der Waals surface area contributed by atoms with Crippen LogP contribution in [0.4, 0.5) is 0 Å². The molecule has 1 aromatic rings. The third-order valence-corrected chi connectivity index (χ3v) is 2.59. The quantitative estimate of drug-likeness (QED) is 0.761. The van der Waals surface area contributed by atoms with Crippen molar-refractivity contribution in [3.8, 4) is 0 Å². The Morgan fingerprint density at radius 2 is 2.06 bits per heavy atom. The van der Waals surface area contributed by atoms with Gasteiger partial charge in [-0.15, -0.1) is 0 Å². The lowest BCUT2D eigenvalue weighted by Gasteiger charge is -1.99. The fourth-order valence-electron chi connectivity index (χ4n) is 1.85. The first-order chi connectivity index (χ1) is 7.84. The van der Waals surface area contributed by atoms with Crippen molar-refractivity contribution < 1.29 is 4.74 Å². The number of nitrogens with zero attached hydrogens (tertiary/aromatic N) is 2. The molecule has 0 atom stereocenters. The maximum Gasteiger partial charge on any atom is 0.210 e. The molecule has 4 heteroatoms. The second-order valence-electron chi connectivity index (χ2n) is 3.64. The lowest BCUT2D eigenvalue weighted by molar-refractivity contribution is 0.350. The molecule has 0 aromatic heterocycles. The molecule has 0 aliphatic carbocycles. The monoisotopic (exact) mass is 213 g/mol. The van der Waals surface area contributed by atoms with Crippen LogP contribution in [0.1, 0.15) is 11.1 Å². The second-order valence-corrected chi connectivity index (χ2v) is 3.64. The van der Waals surface area contributed by atoms with Crippen molar-refractivity contribution >= 4 is 17.4 Å². The van der Waals surface area contributed by atoms with E-state index in [1.54, 1.807) is 0 Å². The highest BCUT2D eigenvalue weighted by Gasteiger charge is 2.18. The van der Waals surface area contributed by atoms with Gasteiger partial charge in [0.05, 0.1) is 12.2 Å². The highest BCUT2D eigenvalue weighted by atomic mass is 16.5. The van der Waals surface area contributed by atoms with Crippen molar-refractivity contribution in [3.05, 3.63) is 41.5 Å². The van der Waals surface area contributed by atoms with E-state index in [0.717, 1.165) is 23.4 Å². The summed E-state index contributed by atoms with van der Waals surface area (Å²) in [4.78, 5) is 8.52. The molecule has 2 heterocycles. The van der Waals surface area contributed by atoms with Gasteiger partial charge in [0, 0.05) is 17.2 Å². The third-order valence-electron chi connectivity index (χ3n) is 2.59. The van der Waals surface area contributed by atoms with E-state index in [1.165, 1.54) is 0 Å². The molecule has 0 saturated carbocycles. The smallest absolute Gasteiger partial charge is 0.210 e. The van der Waals surface area contributed by atoms with Crippen molar-refractivity contribution in [2.24, 2.45) is 15.7 Å². The Bertz CT molecular complexity index is 529. The van der Waals surface area contributed by atoms with Crippen LogP contribution in [-0.2, 0) is 4.74 Å². The molecule has 0 radical (unpaired) electrons. The fraction of sp³-hybridized carbons (Fsp3) is 0.167. The Morgan fingerprint density at radius 1 is 1.25 bits per heavy atom. The van der Waals surface area contributed by atoms with E-state index in [0.29, 0.717) is 18.3 Å². The number of benzene rings is 1. The van der Waals surface area contributed by atoms with Gasteiger partial charge in [-0.2, -0.15) is 0 Å². The van der Waals surface area contributed by atoms with Gasteiger partial charge in [0.25, 0.3) is 0 Å². The zero-order chi connectivity index (χ0) is 11.0. The highest BCUT2D eigenvalue weighted by Crippen LogP contribution is 2.27. The summed E-state index contributed by atoms with van der Waals surface area (Å²) in [5, 5.41) is 0. The molecule has 0 bridgehead atoms. The molecule has 0 spiro atoms. The third kappa shape index (κ3) is 1.39. The molecule has 0 fully saturated rings. The summed E-state index contributed by atoms with van der Waals surface area (Å²) >= 11 is 0. The molecule has 0 amide bonds. The molecule has 2 aliphatic heterocycles. The van der Waals surface area contributed by atoms with Crippen molar-refractivity contribution in [2.75, 3.05) is 13.2 Å². The number of amidine groups is 1. The maximum atomic E-state index is 5.84. The maximum absolute atomic E-state index is 5.84. The first kappa shape index (κ1) is 9.15. The summed E-state index contributed by atoms with van der Waals surface area (Å²) in [6.07, 6.45) is 1.84. The van der Waals surface area contributed by atoms with Crippen LogP contribution < -0.4 is 5.73 Å². The van der Waals surface area contributed by atoms with Crippen molar-refractivity contribution in [1.82, 2.24) is 0 Å². The van der Waals surface area contributed by atoms with Gasteiger partial charge in [-0.25, -0.2) is 9.98 Å². The number of hydrogen-bond acceptors (Lipinski definition) is 4. The van der Waals surface area contributed by atoms with E-state index < -0.39 is 0 Å². The Morgan fingerprint density at radius 3 is 2.81 bits per heavy atom. The summed E-state index contributed by atoms with van der Waals surface area (Å²) in [5.74, 6) is 1.20. The molecule has 4 nitrogen and oxygen atoms in total. The average Bonchev–Trinajstić information content (AvgIpc) is 2.90. The average molecular weight is 213 g/mol. The van der Waals surface area contributed by atoms with E-state index in [2.05, 4.69) is 9.98 Å². The summed E-state index contributed by atoms with van der Waals surface area (Å²) in [7, 11) is 0. The molecule has 0 saturated heterocycles. The van der Waals surface area contributed by atoms with Crippen molar-refractivity contribution in [3.63, 3.8) is 0 Å². The van der Waals surface area contributed by atoms with E-state index >= 15 is 0 Å². The number of ether oxygens (including phenoxy) is 1. The predicted octanol–water partition coefficient (Wildman–Crippen LogP) is 1.18. The summed E-state index contributed by atoms with van der Waals surface area (Å²) in [6.45, 7) is 1.37. The lowest BCUT2D eigenvalue weighted by Crippen LogP contribution is -2.09. The van der Waals surface area contributed by atoms with Gasteiger partial charge in [0.15, 0.2) is 0 Å². The Labute approximate surface area is 93.2 Å². The first-order valence-corrected chi connectivity index (χ1v) is 5.17. The normalized spacial score (nSPS) is 20.4. The number of nitrogens with two attached hydrogens (primary N) is 1. The molecule has 1 aromatic carbocycles. The van der Waals surface area contributed by atoms with Crippen LogP contribution in [0.15, 0.2) is 40.3 Å². The van der Waals surface area contributed by atoms with Crippen LogP contribution in [0.2, 0.25) is 0 Å². The van der Waals surface area contributed by atoms with Gasteiger partial charge in [-0.05, 0) is 0 Å². The van der Waals surface area contributed by atoms with Crippen LogP contribution in [0.5, 0.6) is 0 Å². The summed E-state index contributed by atoms with van der Waals surface area (Å²) in [6, 6.07) is 7.89. The molecule has 3 rings (SSSR count). The number of fused-ring (bicyclic) bond motifs is 1. The minimum absolute atomic E-state index is 0.556. The fourth-order valence-corrected chi connectivity index (χ4v) is 1.85. The van der Waals surface area contributed by atoms with E-state index in [9.17, 15) is 0 Å². The van der Waals surface area contributed by atoms with E-state index in [-0.39, 0.29) is 0 Å². The van der Waals surface area contributed by atoms with Gasteiger partial charge < -0.3 is 10.5 Å². The molecule has 16 heavy (non-hydrogen) atoms. The second kappa shape index (κ2) is 3.48. The lowest BCUT2D eigenvalue weighted by atomic mass is 10.1. The van der Waals surface area contributed by atoms with Crippen LogP contribution in [-0.4, -0.2) is 24.9 Å². The van der Waals surface area contributed by atoms with Gasteiger partial charge >= 0.3 is 0 Å². The molecule has 2 aliphatic rings. The van der Waals surface area contributed by atoms with Crippen LogP contribution in [0, 0.1) is 0 Å². The standard InChI is InChI=1S/C12H11N3O/c13-12-9-4-2-1-3-8(9)10(15-12)7-11-14-5-6-16-11/h1-4,7H,5-6H2,(H2,13,15)/b10-7-. The van der Waals surface area contributed by atoms with Gasteiger partial charge in [-0.1, -0.05) is 24.3 Å². The minimum Gasteiger partial charge on any atom is -0.476 e. The van der Waals surface area contributed by atoms with Crippen LogP contribution >= 0.6 is 0 Å². The van der Waals surface area contributed by atoms with Crippen LogP contribution in [0.25, 0.3) is 5.70 Å². The Kier molecular flexibility index (Phi) is 1.99. The zero-order valence-corrected chi connectivity index (χ0v) is 8.68. The topological polar surface area (TPSA) is 60.0 Å². The Hall–Kier alpha value is -2.10. The Balaban J connectivity index is 2.05. The number of hydrogen-bond donors (Lipinski definition) is 1. The zero-order valence-electron chi connectivity index (χ0n) is 8.68. The molecular weight excluding hydrogens is 202 g/mol. The van der Waals surface area contributed by atoms with Crippen molar-refractivity contribution in [2.45, 2.75) is 0 Å². The number of rotatable bonds is 1.